The number of aryl methyl sites for hydroxylation is 1. The van der Waals surface area contributed by atoms with Crippen LogP contribution in [0.25, 0.3) is 0 Å². The number of rotatable bonds is 8. The third kappa shape index (κ3) is 4.97. The van der Waals surface area contributed by atoms with E-state index in [2.05, 4.69) is 0 Å². The van der Waals surface area contributed by atoms with Crippen molar-refractivity contribution in [2.45, 2.75) is 52.1 Å². The maximum absolute atomic E-state index is 12.0. The summed E-state index contributed by atoms with van der Waals surface area (Å²) in [5, 5.41) is 10.7. The van der Waals surface area contributed by atoms with Gasteiger partial charge in [0.05, 0.1) is 18.1 Å². The molecule has 1 N–H and O–H groups in total. The van der Waals surface area contributed by atoms with Crippen LogP contribution >= 0.6 is 0 Å². The third-order valence-corrected chi connectivity index (χ3v) is 3.66. The van der Waals surface area contributed by atoms with Gasteiger partial charge in [-0.25, -0.2) is 0 Å². The molecule has 3 heteroatoms. The number of ether oxygens (including phenoxy) is 1. The molecule has 2 unspecified atom stereocenters. The average Bonchev–Trinajstić information content (AvgIpc) is 2.44. The number of benzene rings is 1. The maximum Gasteiger partial charge on any atom is 0.311 e. The summed E-state index contributed by atoms with van der Waals surface area (Å²) < 4.78 is 5.10. The van der Waals surface area contributed by atoms with Crippen LogP contribution in [0.4, 0.5) is 0 Å². The van der Waals surface area contributed by atoms with E-state index in [0.29, 0.717) is 19.4 Å². The highest BCUT2D eigenvalue weighted by Gasteiger charge is 2.37. The van der Waals surface area contributed by atoms with Gasteiger partial charge in [-0.05, 0) is 38.7 Å². The number of hydrogen-bond acceptors (Lipinski definition) is 3. The first-order valence-electron chi connectivity index (χ1n) is 7.44. The van der Waals surface area contributed by atoms with E-state index in [1.807, 2.05) is 37.3 Å². The molecule has 0 spiro atoms. The minimum atomic E-state index is -1.03. The second kappa shape index (κ2) is 8.05. The number of carbonyl (C=O) groups excluding carboxylic acids is 1. The Hall–Kier alpha value is -1.35. The molecular weight excluding hydrogens is 252 g/mol. The first kappa shape index (κ1) is 16.7. The topological polar surface area (TPSA) is 46.5 Å². The largest absolute Gasteiger partial charge is 0.466 e. The zero-order chi connectivity index (χ0) is 15.0. The van der Waals surface area contributed by atoms with E-state index in [-0.39, 0.29) is 5.97 Å². The van der Waals surface area contributed by atoms with E-state index in [9.17, 15) is 9.90 Å². The van der Waals surface area contributed by atoms with Crippen LogP contribution in [0.3, 0.4) is 0 Å². The summed E-state index contributed by atoms with van der Waals surface area (Å²) in [7, 11) is 0. The molecule has 112 valence electrons. The Kier molecular flexibility index (Phi) is 6.73. The van der Waals surface area contributed by atoms with Crippen LogP contribution in [0.2, 0.25) is 0 Å². The number of carbonyl (C=O) groups is 1. The van der Waals surface area contributed by atoms with Gasteiger partial charge in [0.2, 0.25) is 0 Å². The van der Waals surface area contributed by atoms with Crippen LogP contribution in [-0.2, 0) is 16.0 Å². The molecule has 20 heavy (non-hydrogen) atoms. The fourth-order valence-electron chi connectivity index (χ4n) is 2.43. The highest BCUT2D eigenvalue weighted by atomic mass is 16.5. The molecule has 0 aliphatic carbocycles. The van der Waals surface area contributed by atoms with Crippen molar-refractivity contribution in [2.75, 3.05) is 6.61 Å². The second-order valence-electron chi connectivity index (χ2n) is 5.44. The Bertz CT molecular complexity index is 398. The molecule has 2 atom stereocenters. The second-order valence-corrected chi connectivity index (χ2v) is 5.44. The van der Waals surface area contributed by atoms with E-state index >= 15 is 0 Å². The van der Waals surface area contributed by atoms with Gasteiger partial charge in [0.25, 0.3) is 0 Å². The number of hydrogen-bond donors (Lipinski definition) is 1. The first-order chi connectivity index (χ1) is 9.51. The van der Waals surface area contributed by atoms with E-state index in [1.165, 1.54) is 5.56 Å². The fourth-order valence-corrected chi connectivity index (χ4v) is 2.43. The molecule has 0 radical (unpaired) electrons. The van der Waals surface area contributed by atoms with Crippen LogP contribution in [-0.4, -0.2) is 23.3 Å². The van der Waals surface area contributed by atoms with Crippen molar-refractivity contribution in [1.29, 1.82) is 0 Å². The molecule has 0 saturated heterocycles. The van der Waals surface area contributed by atoms with Gasteiger partial charge in [0.15, 0.2) is 0 Å². The van der Waals surface area contributed by atoms with Crippen molar-refractivity contribution in [3.63, 3.8) is 0 Å². The summed E-state index contributed by atoms with van der Waals surface area (Å²) in [6.45, 7) is 5.90. The summed E-state index contributed by atoms with van der Waals surface area (Å²) in [4.78, 5) is 12.0. The Morgan fingerprint density at radius 3 is 2.50 bits per heavy atom. The summed E-state index contributed by atoms with van der Waals surface area (Å²) in [6.07, 6.45) is 2.82. The van der Waals surface area contributed by atoms with Crippen molar-refractivity contribution in [3.05, 3.63) is 35.9 Å². The Balaban J connectivity index is 2.69. The van der Waals surface area contributed by atoms with E-state index in [4.69, 9.17) is 4.74 Å². The Labute approximate surface area is 122 Å². The molecule has 0 saturated carbocycles. The molecule has 0 bridgehead atoms. The summed E-state index contributed by atoms with van der Waals surface area (Å²) in [5.74, 6) is -0.733. The lowest BCUT2D eigenvalue weighted by Crippen LogP contribution is -2.41. The van der Waals surface area contributed by atoms with Crippen LogP contribution in [0.5, 0.6) is 0 Å². The predicted octanol–water partition coefficient (Wildman–Crippen LogP) is 3.35. The minimum absolute atomic E-state index is 0.285. The monoisotopic (exact) mass is 278 g/mol. The van der Waals surface area contributed by atoms with Gasteiger partial charge in [-0.1, -0.05) is 43.7 Å². The Morgan fingerprint density at radius 1 is 1.30 bits per heavy atom. The normalized spacial score (nSPS) is 15.4. The van der Waals surface area contributed by atoms with Crippen LogP contribution < -0.4 is 0 Å². The van der Waals surface area contributed by atoms with Crippen LogP contribution in [0.1, 0.15) is 45.6 Å². The summed E-state index contributed by atoms with van der Waals surface area (Å²) in [6, 6.07) is 10.0. The van der Waals surface area contributed by atoms with Gasteiger partial charge in [0.1, 0.15) is 0 Å². The molecule has 0 aliphatic rings. The van der Waals surface area contributed by atoms with Crippen LogP contribution in [0, 0.1) is 5.92 Å². The van der Waals surface area contributed by atoms with Gasteiger partial charge in [-0.3, -0.25) is 4.79 Å². The molecule has 3 nitrogen and oxygen atoms in total. The standard InChI is InChI=1S/C17H26O3/c1-4-9-15(16(18)20-5-2)17(3,19)13-12-14-10-7-6-8-11-14/h6-8,10-11,15,19H,4-5,9,12-13H2,1-3H3. The predicted molar refractivity (Wildman–Crippen MR) is 80.4 cm³/mol. The van der Waals surface area contributed by atoms with Gasteiger partial charge in [-0.2, -0.15) is 0 Å². The van der Waals surface area contributed by atoms with Crippen molar-refractivity contribution >= 4 is 5.97 Å². The molecule has 0 aliphatic heterocycles. The van der Waals surface area contributed by atoms with Gasteiger partial charge in [0, 0.05) is 0 Å². The lowest BCUT2D eigenvalue weighted by atomic mass is 9.81. The van der Waals surface area contributed by atoms with Crippen molar-refractivity contribution in [1.82, 2.24) is 0 Å². The molecule has 0 amide bonds. The number of esters is 1. The molecule has 0 heterocycles. The molecule has 1 aromatic rings. The van der Waals surface area contributed by atoms with E-state index < -0.39 is 11.5 Å². The SMILES string of the molecule is CCCC(C(=O)OCC)C(C)(O)CCc1ccccc1. The lowest BCUT2D eigenvalue weighted by Gasteiger charge is -2.31. The first-order valence-corrected chi connectivity index (χ1v) is 7.44. The molecule has 0 aromatic heterocycles. The summed E-state index contributed by atoms with van der Waals surface area (Å²) >= 11 is 0. The van der Waals surface area contributed by atoms with Gasteiger partial charge < -0.3 is 9.84 Å². The van der Waals surface area contributed by atoms with E-state index in [0.717, 1.165) is 12.8 Å². The molecule has 0 fully saturated rings. The van der Waals surface area contributed by atoms with Gasteiger partial charge >= 0.3 is 5.97 Å². The fraction of sp³-hybridized carbons (Fsp3) is 0.588. The zero-order valence-corrected chi connectivity index (χ0v) is 12.8. The molecule has 1 rings (SSSR count). The van der Waals surface area contributed by atoms with Gasteiger partial charge in [-0.15, -0.1) is 0 Å². The van der Waals surface area contributed by atoms with Crippen molar-refractivity contribution < 1.29 is 14.6 Å². The zero-order valence-electron chi connectivity index (χ0n) is 12.8. The van der Waals surface area contributed by atoms with Crippen molar-refractivity contribution in [3.8, 4) is 0 Å². The third-order valence-electron chi connectivity index (χ3n) is 3.66. The quantitative estimate of drug-likeness (QED) is 0.742. The summed E-state index contributed by atoms with van der Waals surface area (Å²) in [5.41, 5.74) is 0.143. The highest BCUT2D eigenvalue weighted by molar-refractivity contribution is 5.73. The van der Waals surface area contributed by atoms with E-state index in [1.54, 1.807) is 13.8 Å². The van der Waals surface area contributed by atoms with Crippen LogP contribution in [0.15, 0.2) is 30.3 Å². The highest BCUT2D eigenvalue weighted by Crippen LogP contribution is 2.28. The Morgan fingerprint density at radius 2 is 1.95 bits per heavy atom. The van der Waals surface area contributed by atoms with Crippen molar-refractivity contribution in [2.24, 2.45) is 5.92 Å². The average molecular weight is 278 g/mol. The maximum atomic E-state index is 12.0. The number of aliphatic hydroxyl groups is 1. The molecular formula is C17H26O3. The minimum Gasteiger partial charge on any atom is -0.466 e. The smallest absolute Gasteiger partial charge is 0.311 e. The molecule has 1 aromatic carbocycles. The lowest BCUT2D eigenvalue weighted by molar-refractivity contribution is -0.158.